The Hall–Kier alpha value is -0.780. The molecule has 54 valence electrons. The highest BCUT2D eigenvalue weighted by molar-refractivity contribution is 5.04. The average Bonchev–Trinajstić information content (AvgIpc) is 2.01. The summed E-state index contributed by atoms with van der Waals surface area (Å²) in [5.41, 5.74) is 0. The fourth-order valence-corrected chi connectivity index (χ4v) is 0.970. The van der Waals surface area contributed by atoms with E-state index in [-0.39, 0.29) is 0 Å². The molecule has 0 heteroatoms. The molecular weight excluding hydrogens is 120 g/mol. The summed E-state index contributed by atoms with van der Waals surface area (Å²) >= 11 is 0. The highest BCUT2D eigenvalue weighted by Gasteiger charge is 1.79. The van der Waals surface area contributed by atoms with Crippen molar-refractivity contribution in [1.82, 2.24) is 0 Å². The lowest BCUT2D eigenvalue weighted by atomic mass is 10.2. The largest absolute Gasteiger partial charge is 0.0882 e. The lowest BCUT2D eigenvalue weighted by molar-refractivity contribution is 0.998. The third-order valence-corrected chi connectivity index (χ3v) is 1.55. The minimum absolute atomic E-state index is 1.18. The number of hydrogen-bond donors (Lipinski definition) is 0. The summed E-state index contributed by atoms with van der Waals surface area (Å²) in [5, 5.41) is 0. The van der Waals surface area contributed by atoms with Gasteiger partial charge < -0.3 is 0 Å². The fourth-order valence-electron chi connectivity index (χ4n) is 0.970. The van der Waals surface area contributed by atoms with Gasteiger partial charge in [0, 0.05) is 0 Å². The summed E-state index contributed by atoms with van der Waals surface area (Å²) < 4.78 is 0. The summed E-state index contributed by atoms with van der Waals surface area (Å²) in [6.07, 6.45) is 18.0. The molecule has 10 heavy (non-hydrogen) atoms. The molecule has 0 bridgehead atoms. The molecule has 0 saturated heterocycles. The minimum Gasteiger partial charge on any atom is -0.0882 e. The summed E-state index contributed by atoms with van der Waals surface area (Å²) in [4.78, 5) is 0. The number of rotatable bonds is 0. The van der Waals surface area contributed by atoms with Crippen molar-refractivity contribution in [3.63, 3.8) is 0 Å². The summed E-state index contributed by atoms with van der Waals surface area (Å²) in [7, 11) is 0. The number of allylic oxidation sites excluding steroid dienone is 6. The second-order valence-corrected chi connectivity index (χ2v) is 2.48. The van der Waals surface area contributed by atoms with E-state index in [2.05, 4.69) is 36.5 Å². The monoisotopic (exact) mass is 134 g/mol. The smallest absolute Gasteiger partial charge is 0.0313 e. The standard InChI is InChI=1S/C10H14/c1-2-4-6-8-10-9-7-5-3-1/h1-4,9-10H,5-8H2/b3-1-,4-2?,10-9-. The van der Waals surface area contributed by atoms with E-state index in [4.69, 9.17) is 0 Å². The first-order valence-electron chi connectivity index (χ1n) is 3.97. The van der Waals surface area contributed by atoms with Crippen LogP contribution in [0.25, 0.3) is 0 Å². The molecule has 1 aliphatic rings. The molecule has 0 heterocycles. The van der Waals surface area contributed by atoms with Gasteiger partial charge in [0.1, 0.15) is 0 Å². The molecule has 0 radical (unpaired) electrons. The van der Waals surface area contributed by atoms with Crippen LogP contribution in [0.15, 0.2) is 36.5 Å². The number of hydrogen-bond acceptors (Lipinski definition) is 0. The summed E-state index contributed by atoms with van der Waals surface area (Å²) in [6.45, 7) is 0. The maximum atomic E-state index is 2.27. The van der Waals surface area contributed by atoms with Crippen molar-refractivity contribution in [3.8, 4) is 0 Å². The van der Waals surface area contributed by atoms with Crippen LogP contribution >= 0.6 is 0 Å². The lowest BCUT2D eigenvalue weighted by Gasteiger charge is -1.90. The molecule has 0 saturated carbocycles. The van der Waals surface area contributed by atoms with Crippen LogP contribution in [0.4, 0.5) is 0 Å². The predicted molar refractivity (Wildman–Crippen MR) is 45.9 cm³/mol. The molecule has 1 rings (SSSR count). The molecule has 1 aliphatic carbocycles. The molecule has 0 atom stereocenters. The second kappa shape index (κ2) is 5.04. The zero-order chi connectivity index (χ0) is 7.07. The van der Waals surface area contributed by atoms with Gasteiger partial charge in [-0.05, 0) is 25.7 Å². The van der Waals surface area contributed by atoms with Gasteiger partial charge in [-0.1, -0.05) is 36.5 Å². The van der Waals surface area contributed by atoms with Gasteiger partial charge in [-0.3, -0.25) is 0 Å². The predicted octanol–water partition coefficient (Wildman–Crippen LogP) is 3.23. The molecule has 0 fully saturated rings. The first-order valence-corrected chi connectivity index (χ1v) is 3.97. The van der Waals surface area contributed by atoms with E-state index in [0.29, 0.717) is 0 Å². The van der Waals surface area contributed by atoms with Crippen LogP contribution in [0.2, 0.25) is 0 Å². The first kappa shape index (κ1) is 7.33. The molecule has 0 nitrogen and oxygen atoms in total. The van der Waals surface area contributed by atoms with E-state index in [1.807, 2.05) is 0 Å². The molecular formula is C10H14. The topological polar surface area (TPSA) is 0 Å². The molecule has 0 N–H and O–H groups in total. The van der Waals surface area contributed by atoms with Crippen molar-refractivity contribution in [2.75, 3.05) is 0 Å². The first-order chi connectivity index (χ1) is 5.00. The molecule has 0 aromatic heterocycles. The second-order valence-electron chi connectivity index (χ2n) is 2.48. The van der Waals surface area contributed by atoms with E-state index in [1.165, 1.54) is 25.7 Å². The summed E-state index contributed by atoms with van der Waals surface area (Å²) in [6, 6.07) is 0. The van der Waals surface area contributed by atoms with Crippen molar-refractivity contribution in [3.05, 3.63) is 36.5 Å². The normalized spacial score (nSPS) is 25.6. The van der Waals surface area contributed by atoms with Gasteiger partial charge in [0.15, 0.2) is 0 Å². The van der Waals surface area contributed by atoms with Crippen molar-refractivity contribution >= 4 is 0 Å². The molecule has 0 unspecified atom stereocenters. The Morgan fingerprint density at radius 1 is 0.500 bits per heavy atom. The zero-order valence-electron chi connectivity index (χ0n) is 6.29. The Bertz CT molecular complexity index is 131. The van der Waals surface area contributed by atoms with E-state index < -0.39 is 0 Å². The molecule has 0 amide bonds. The molecule has 0 aliphatic heterocycles. The quantitative estimate of drug-likeness (QED) is 0.446. The van der Waals surface area contributed by atoms with Crippen molar-refractivity contribution in [2.24, 2.45) is 0 Å². The maximum absolute atomic E-state index is 2.27. The van der Waals surface area contributed by atoms with Crippen molar-refractivity contribution in [2.45, 2.75) is 25.7 Å². The van der Waals surface area contributed by atoms with Gasteiger partial charge in [0.2, 0.25) is 0 Å². The third-order valence-electron chi connectivity index (χ3n) is 1.55. The van der Waals surface area contributed by atoms with E-state index in [0.717, 1.165) is 0 Å². The van der Waals surface area contributed by atoms with Gasteiger partial charge in [0.05, 0.1) is 0 Å². The fraction of sp³-hybridized carbons (Fsp3) is 0.400. The minimum atomic E-state index is 1.18. The Morgan fingerprint density at radius 3 is 1.40 bits per heavy atom. The molecule has 0 aromatic rings. The van der Waals surface area contributed by atoms with Gasteiger partial charge in [-0.25, -0.2) is 0 Å². The third kappa shape index (κ3) is 3.29. The SMILES string of the molecule is C1=CCC/C=C\CC/C=C\1. The van der Waals surface area contributed by atoms with Crippen LogP contribution in [-0.4, -0.2) is 0 Å². The Labute approximate surface area is 62.9 Å². The van der Waals surface area contributed by atoms with E-state index in [9.17, 15) is 0 Å². The van der Waals surface area contributed by atoms with E-state index in [1.54, 1.807) is 0 Å². The van der Waals surface area contributed by atoms with Gasteiger partial charge in [-0.15, -0.1) is 0 Å². The van der Waals surface area contributed by atoms with Crippen LogP contribution in [-0.2, 0) is 0 Å². The van der Waals surface area contributed by atoms with Gasteiger partial charge in [0.25, 0.3) is 0 Å². The van der Waals surface area contributed by atoms with Crippen LogP contribution < -0.4 is 0 Å². The van der Waals surface area contributed by atoms with Gasteiger partial charge in [-0.2, -0.15) is 0 Å². The highest BCUT2D eigenvalue weighted by Crippen LogP contribution is 2.00. The molecule has 0 aromatic carbocycles. The van der Waals surface area contributed by atoms with Crippen LogP contribution in [0, 0.1) is 0 Å². The highest BCUT2D eigenvalue weighted by atomic mass is 13.9. The lowest BCUT2D eigenvalue weighted by Crippen LogP contribution is -1.69. The van der Waals surface area contributed by atoms with Crippen LogP contribution in [0.5, 0.6) is 0 Å². The molecule has 0 spiro atoms. The van der Waals surface area contributed by atoms with Gasteiger partial charge >= 0.3 is 0 Å². The maximum Gasteiger partial charge on any atom is -0.0313 e. The Kier molecular flexibility index (Phi) is 3.69. The van der Waals surface area contributed by atoms with Crippen molar-refractivity contribution in [1.29, 1.82) is 0 Å². The van der Waals surface area contributed by atoms with Crippen LogP contribution in [0.3, 0.4) is 0 Å². The Balaban J connectivity index is 2.38. The van der Waals surface area contributed by atoms with Crippen LogP contribution in [0.1, 0.15) is 25.7 Å². The van der Waals surface area contributed by atoms with E-state index >= 15 is 0 Å². The zero-order valence-corrected chi connectivity index (χ0v) is 6.29. The van der Waals surface area contributed by atoms with Crippen molar-refractivity contribution < 1.29 is 0 Å². The average molecular weight is 134 g/mol. The summed E-state index contributed by atoms with van der Waals surface area (Å²) in [5.74, 6) is 0. The Morgan fingerprint density at radius 2 is 0.900 bits per heavy atom.